The van der Waals surface area contributed by atoms with Gasteiger partial charge in [0.05, 0.1) is 5.56 Å². The van der Waals surface area contributed by atoms with E-state index in [4.69, 9.17) is 0 Å². The van der Waals surface area contributed by atoms with Gasteiger partial charge in [-0.3, -0.25) is 4.57 Å². The summed E-state index contributed by atoms with van der Waals surface area (Å²) in [6.07, 6.45) is -4.75. The molecule has 0 saturated heterocycles. The normalized spacial score (nSPS) is 13.2. The third-order valence-electron chi connectivity index (χ3n) is 2.37. The van der Waals surface area contributed by atoms with E-state index in [1.54, 1.807) is 0 Å². The Morgan fingerprint density at radius 2 is 1.95 bits per heavy atom. The van der Waals surface area contributed by atoms with Gasteiger partial charge in [-0.25, -0.2) is 4.18 Å². The molecule has 0 bridgehead atoms. The molecule has 0 aromatic heterocycles. The fraction of sp³-hybridized carbons (Fsp3) is 0.400. The van der Waals surface area contributed by atoms with Crippen LogP contribution in [0.3, 0.4) is 0 Å². The highest BCUT2D eigenvalue weighted by Crippen LogP contribution is 2.36. The van der Waals surface area contributed by atoms with E-state index in [1.165, 1.54) is 13.0 Å². The van der Waals surface area contributed by atoms with E-state index in [-0.39, 0.29) is 12.0 Å². The van der Waals surface area contributed by atoms with Crippen LogP contribution in [0.15, 0.2) is 23.1 Å². The van der Waals surface area contributed by atoms with Gasteiger partial charge >= 0.3 is 6.18 Å². The van der Waals surface area contributed by atoms with Gasteiger partial charge in [0.15, 0.2) is 15.5 Å². The van der Waals surface area contributed by atoms with E-state index in [2.05, 4.69) is 8.71 Å². The molecule has 114 valence electrons. The molecule has 0 spiro atoms. The minimum Gasteiger partial charge on any atom is -0.304 e. The highest BCUT2D eigenvalue weighted by atomic mass is 32.2. The Morgan fingerprint density at radius 1 is 1.30 bits per heavy atom. The summed E-state index contributed by atoms with van der Waals surface area (Å²) in [6.45, 7) is 0.628. The van der Waals surface area contributed by atoms with E-state index in [9.17, 15) is 26.2 Å². The van der Waals surface area contributed by atoms with Crippen molar-refractivity contribution in [3.8, 4) is 0 Å². The van der Waals surface area contributed by atoms with Crippen molar-refractivity contribution >= 4 is 18.8 Å². The van der Waals surface area contributed by atoms with Crippen LogP contribution in [0.4, 0.5) is 13.2 Å². The van der Waals surface area contributed by atoms with E-state index in [0.717, 1.165) is 6.07 Å². The molecule has 10 heteroatoms. The fourth-order valence-corrected chi connectivity index (χ4v) is 3.07. The van der Waals surface area contributed by atoms with Gasteiger partial charge in [0.25, 0.3) is 10.1 Å². The van der Waals surface area contributed by atoms with E-state index >= 15 is 0 Å². The van der Waals surface area contributed by atoms with Gasteiger partial charge in [0.1, 0.15) is 4.90 Å². The van der Waals surface area contributed by atoms with Gasteiger partial charge in [-0.05, 0) is 18.1 Å². The molecule has 0 aliphatic heterocycles. The molecule has 1 aromatic carbocycles. The van der Waals surface area contributed by atoms with E-state index in [1.807, 2.05) is 0 Å². The number of aryl methyl sites for hydroxylation is 1. The molecule has 0 heterocycles. The Balaban J connectivity index is 3.37. The number of rotatable bonds is 6. The monoisotopic (exact) mass is 332 g/mol. The number of hydrogen-bond acceptors (Lipinski definition) is 5. The quantitative estimate of drug-likeness (QED) is 0.347. The molecule has 20 heavy (non-hydrogen) atoms. The first kappa shape index (κ1) is 17.2. The molecule has 5 nitrogen and oxygen atoms in total. The molecule has 0 aliphatic carbocycles. The number of halogens is 3. The van der Waals surface area contributed by atoms with E-state index in [0.29, 0.717) is 6.07 Å². The summed E-state index contributed by atoms with van der Waals surface area (Å²) in [5.74, 6) is 0. The number of alkyl halides is 3. The molecule has 1 rings (SSSR count). The molecular formula is C10H12F3O5PS. The molecule has 0 fully saturated rings. The summed E-state index contributed by atoms with van der Waals surface area (Å²) in [5.41, 5.74) is -1.32. The smallest absolute Gasteiger partial charge is 0.304 e. The van der Waals surface area contributed by atoms with Crippen molar-refractivity contribution in [3.05, 3.63) is 29.3 Å². The first-order valence-electron chi connectivity index (χ1n) is 5.37. The summed E-state index contributed by atoms with van der Waals surface area (Å²) in [4.78, 5) is -0.931. The zero-order chi connectivity index (χ0) is 15.4. The molecule has 1 unspecified atom stereocenters. The van der Waals surface area contributed by atoms with Crippen molar-refractivity contribution in [2.75, 3.05) is 6.79 Å². The molecule has 0 N–H and O–H groups in total. The van der Waals surface area contributed by atoms with Crippen LogP contribution in [-0.2, 0) is 36.0 Å². The van der Waals surface area contributed by atoms with Crippen molar-refractivity contribution in [1.29, 1.82) is 0 Å². The van der Waals surface area contributed by atoms with Crippen LogP contribution in [0.5, 0.6) is 0 Å². The Labute approximate surface area is 115 Å². The zero-order valence-electron chi connectivity index (χ0n) is 10.3. The van der Waals surface area contributed by atoms with Crippen molar-refractivity contribution in [2.45, 2.75) is 24.4 Å². The average molecular weight is 332 g/mol. The first-order chi connectivity index (χ1) is 9.24. The third kappa shape index (κ3) is 4.05. The minimum absolute atomic E-state index is 0.0192. The zero-order valence-corrected chi connectivity index (χ0v) is 12.3. The lowest BCUT2D eigenvalue weighted by Gasteiger charge is -2.15. The van der Waals surface area contributed by atoms with Crippen LogP contribution in [-0.4, -0.2) is 15.2 Å². The van der Waals surface area contributed by atoms with Gasteiger partial charge < -0.3 is 4.52 Å². The Morgan fingerprint density at radius 3 is 2.45 bits per heavy atom. The van der Waals surface area contributed by atoms with Gasteiger partial charge in [-0.1, -0.05) is 19.1 Å². The molecule has 0 aliphatic rings. The predicted molar refractivity (Wildman–Crippen MR) is 65.4 cm³/mol. The maximum absolute atomic E-state index is 12.9. The summed E-state index contributed by atoms with van der Waals surface area (Å²) in [5, 5.41) is 0. The lowest BCUT2D eigenvalue weighted by molar-refractivity contribution is -0.140. The van der Waals surface area contributed by atoms with Gasteiger partial charge in [0, 0.05) is 0 Å². The second-order valence-corrected chi connectivity index (χ2v) is 5.68. The maximum Gasteiger partial charge on any atom is 0.417 e. The van der Waals surface area contributed by atoms with Gasteiger partial charge in [-0.2, -0.15) is 21.6 Å². The molecule has 0 radical (unpaired) electrons. The molecular weight excluding hydrogens is 320 g/mol. The number of hydrogen-bond donors (Lipinski definition) is 0. The molecule has 1 aromatic rings. The van der Waals surface area contributed by atoms with Crippen LogP contribution in [0.2, 0.25) is 0 Å². The van der Waals surface area contributed by atoms with Crippen LogP contribution in [0, 0.1) is 0 Å². The average Bonchev–Trinajstić information content (AvgIpc) is 2.37. The third-order valence-corrected chi connectivity index (χ3v) is 4.03. The lowest BCUT2D eigenvalue weighted by atomic mass is 10.1. The van der Waals surface area contributed by atoms with Crippen LogP contribution < -0.4 is 0 Å². The lowest BCUT2D eigenvalue weighted by Crippen LogP contribution is -2.18. The largest absolute Gasteiger partial charge is 0.417 e. The highest BCUT2D eigenvalue weighted by Gasteiger charge is 2.38. The Hall–Kier alpha value is -0.890. The minimum atomic E-state index is -4.83. The second kappa shape index (κ2) is 6.71. The van der Waals surface area contributed by atoms with Crippen LogP contribution >= 0.6 is 8.69 Å². The highest BCUT2D eigenvalue weighted by molar-refractivity contribution is 7.86. The van der Waals surface area contributed by atoms with Crippen molar-refractivity contribution in [3.63, 3.8) is 0 Å². The SMILES string of the molecule is CCc1cccc(C(F)(F)F)c1S(=O)(=O)OCO[PH2]=O. The van der Waals surface area contributed by atoms with Gasteiger partial charge in [-0.15, -0.1) is 0 Å². The standard InChI is InChI=1S/C10H12F3O5PS/c1-2-7-4-3-5-8(10(11,12)13)9(7)20(15,16)18-6-17-19-14/h3-5H,2,6,19H2,1H3. The molecule has 0 amide bonds. The maximum atomic E-state index is 12.9. The Kier molecular flexibility index (Phi) is 5.76. The second-order valence-electron chi connectivity index (χ2n) is 3.60. The summed E-state index contributed by atoms with van der Waals surface area (Å²) < 4.78 is 81.0. The molecule has 0 saturated carbocycles. The summed E-state index contributed by atoms with van der Waals surface area (Å²) in [6, 6.07) is 3.05. The molecule has 1 atom stereocenters. The fourth-order valence-electron chi connectivity index (χ4n) is 1.56. The predicted octanol–water partition coefficient (Wildman–Crippen LogP) is 2.62. The summed E-state index contributed by atoms with van der Waals surface area (Å²) >= 11 is 0. The van der Waals surface area contributed by atoms with Crippen LogP contribution in [0.25, 0.3) is 0 Å². The number of benzene rings is 1. The topological polar surface area (TPSA) is 69.7 Å². The van der Waals surface area contributed by atoms with Crippen molar-refractivity contribution < 1.29 is 34.9 Å². The van der Waals surface area contributed by atoms with Crippen LogP contribution in [0.1, 0.15) is 18.1 Å². The van der Waals surface area contributed by atoms with Crippen molar-refractivity contribution in [1.82, 2.24) is 0 Å². The van der Waals surface area contributed by atoms with E-state index < -0.39 is 42.2 Å². The Bertz CT molecular complexity index is 585. The van der Waals surface area contributed by atoms with Crippen molar-refractivity contribution in [2.24, 2.45) is 0 Å². The van der Waals surface area contributed by atoms with Gasteiger partial charge in [0.2, 0.25) is 0 Å². The first-order valence-corrected chi connectivity index (χ1v) is 7.73. The summed E-state index contributed by atoms with van der Waals surface area (Å²) in [7, 11) is -6.37.